The molecular weight excluding hydrogens is 252 g/mol. The summed E-state index contributed by atoms with van der Waals surface area (Å²) in [5.41, 5.74) is 0.629. The smallest absolute Gasteiger partial charge is 0.0238 e. The van der Waals surface area contributed by atoms with Crippen LogP contribution in [0.4, 0.5) is 0 Å². The third kappa shape index (κ3) is 2.93. The van der Waals surface area contributed by atoms with Gasteiger partial charge in [0.25, 0.3) is 0 Å². The molecule has 0 aliphatic heterocycles. The summed E-state index contributed by atoms with van der Waals surface area (Å²) in [6.07, 6.45) is 8.67. The summed E-state index contributed by atoms with van der Waals surface area (Å²) < 4.78 is 0. The molecule has 0 radical (unpaired) electrons. The summed E-state index contributed by atoms with van der Waals surface area (Å²) in [7, 11) is 0. The van der Waals surface area contributed by atoms with E-state index in [9.17, 15) is 0 Å². The molecule has 0 heterocycles. The van der Waals surface area contributed by atoms with Crippen molar-refractivity contribution in [2.75, 3.05) is 0 Å². The minimum absolute atomic E-state index is 0.629. The van der Waals surface area contributed by atoms with Crippen LogP contribution < -0.4 is 0 Å². The van der Waals surface area contributed by atoms with Crippen LogP contribution in [0.5, 0.6) is 0 Å². The third-order valence-corrected chi connectivity index (χ3v) is 8.23. The molecule has 2 aliphatic rings. The molecule has 2 aliphatic carbocycles. The second kappa shape index (κ2) is 6.63. The lowest BCUT2D eigenvalue weighted by molar-refractivity contribution is 0.164. The largest absolute Gasteiger partial charge is 0.0654 e. The molecule has 0 amide bonds. The van der Waals surface area contributed by atoms with E-state index < -0.39 is 0 Å². The van der Waals surface area contributed by atoms with Crippen molar-refractivity contribution in [2.45, 2.75) is 87.0 Å². The van der Waals surface area contributed by atoms with Crippen molar-refractivity contribution in [1.82, 2.24) is 0 Å². The van der Waals surface area contributed by atoms with E-state index in [1.807, 2.05) is 0 Å². The van der Waals surface area contributed by atoms with E-state index in [0.717, 1.165) is 41.4 Å². The van der Waals surface area contributed by atoms with Crippen LogP contribution in [0.3, 0.4) is 0 Å². The van der Waals surface area contributed by atoms with Crippen molar-refractivity contribution in [3.63, 3.8) is 0 Å². The molecule has 8 unspecified atom stereocenters. The second-order valence-corrected chi connectivity index (χ2v) is 8.85. The van der Waals surface area contributed by atoms with Crippen molar-refractivity contribution in [1.29, 1.82) is 0 Å². The van der Waals surface area contributed by atoms with Crippen LogP contribution in [0.2, 0.25) is 0 Å². The van der Waals surface area contributed by atoms with Crippen LogP contribution in [0.25, 0.3) is 0 Å². The van der Waals surface area contributed by atoms with Crippen molar-refractivity contribution >= 4 is 0 Å². The topological polar surface area (TPSA) is 0 Å². The summed E-state index contributed by atoms with van der Waals surface area (Å²) in [5.74, 6) is 6.72. The Morgan fingerprint density at radius 3 is 2.29 bits per heavy atom. The van der Waals surface area contributed by atoms with Gasteiger partial charge in [-0.3, -0.25) is 0 Å². The Hall–Kier alpha value is 0. The molecule has 0 bridgehead atoms. The maximum Gasteiger partial charge on any atom is -0.0238 e. The quantitative estimate of drug-likeness (QED) is 0.484. The van der Waals surface area contributed by atoms with Gasteiger partial charge in [-0.1, -0.05) is 80.6 Å². The summed E-state index contributed by atoms with van der Waals surface area (Å²) in [6.45, 7) is 17.6. The van der Waals surface area contributed by atoms with E-state index in [1.54, 1.807) is 0 Å². The van der Waals surface area contributed by atoms with E-state index in [4.69, 9.17) is 0 Å². The van der Waals surface area contributed by atoms with Crippen LogP contribution in [0, 0.1) is 46.8 Å². The summed E-state index contributed by atoms with van der Waals surface area (Å²) in [4.78, 5) is 0. The molecule has 2 saturated carbocycles. The van der Waals surface area contributed by atoms with E-state index in [-0.39, 0.29) is 0 Å². The SMILES string of the molecule is CCCC(C)C1(C)C(C)C1C(C)C(C)C1CCCC1CC. The number of hydrogen-bond donors (Lipinski definition) is 0. The molecule has 21 heavy (non-hydrogen) atoms. The van der Waals surface area contributed by atoms with Crippen LogP contribution in [-0.4, -0.2) is 0 Å². The summed E-state index contributed by atoms with van der Waals surface area (Å²) in [6, 6.07) is 0. The molecular formula is C21H40. The normalized spacial score (nSPS) is 43.6. The number of rotatable bonds is 7. The Labute approximate surface area is 134 Å². The van der Waals surface area contributed by atoms with E-state index in [1.165, 1.54) is 38.5 Å². The highest BCUT2D eigenvalue weighted by atomic mass is 14.7. The molecule has 0 N–H and O–H groups in total. The number of hydrogen-bond acceptors (Lipinski definition) is 0. The average Bonchev–Trinajstić information content (AvgIpc) is 2.84. The van der Waals surface area contributed by atoms with Crippen molar-refractivity contribution in [3.8, 4) is 0 Å². The van der Waals surface area contributed by atoms with Crippen LogP contribution in [-0.2, 0) is 0 Å². The maximum atomic E-state index is 2.60. The third-order valence-electron chi connectivity index (χ3n) is 8.23. The van der Waals surface area contributed by atoms with E-state index in [2.05, 4.69) is 48.5 Å². The molecule has 0 nitrogen and oxygen atoms in total. The first-order valence-electron chi connectivity index (χ1n) is 9.89. The molecule has 124 valence electrons. The van der Waals surface area contributed by atoms with Gasteiger partial charge in [-0.15, -0.1) is 0 Å². The summed E-state index contributed by atoms with van der Waals surface area (Å²) >= 11 is 0. The van der Waals surface area contributed by atoms with Gasteiger partial charge in [-0.2, -0.15) is 0 Å². The molecule has 0 aromatic rings. The monoisotopic (exact) mass is 292 g/mol. The standard InChI is InChI=1S/C21H40/c1-8-11-14(3)21(7)17(6)20(21)16(5)15(4)19-13-10-12-18(19)9-2/h14-20H,8-13H2,1-7H3. The highest BCUT2D eigenvalue weighted by molar-refractivity contribution is 5.10. The van der Waals surface area contributed by atoms with Gasteiger partial charge in [0.15, 0.2) is 0 Å². The fourth-order valence-electron chi connectivity index (χ4n) is 6.32. The van der Waals surface area contributed by atoms with Gasteiger partial charge in [0.05, 0.1) is 0 Å². The highest BCUT2D eigenvalue weighted by Gasteiger charge is 2.63. The molecule has 0 saturated heterocycles. The van der Waals surface area contributed by atoms with Gasteiger partial charge < -0.3 is 0 Å². The van der Waals surface area contributed by atoms with Crippen LogP contribution in [0.1, 0.15) is 87.0 Å². The van der Waals surface area contributed by atoms with Crippen molar-refractivity contribution in [2.24, 2.45) is 46.8 Å². The molecule has 0 aromatic carbocycles. The lowest BCUT2D eigenvalue weighted by Crippen LogP contribution is -2.26. The minimum atomic E-state index is 0.629. The van der Waals surface area contributed by atoms with Gasteiger partial charge in [-0.25, -0.2) is 0 Å². The maximum absolute atomic E-state index is 2.60. The molecule has 0 aromatic heterocycles. The average molecular weight is 293 g/mol. The first-order chi connectivity index (χ1) is 9.89. The fourth-order valence-corrected chi connectivity index (χ4v) is 6.32. The fraction of sp³-hybridized carbons (Fsp3) is 1.00. The highest BCUT2D eigenvalue weighted by Crippen LogP contribution is 2.68. The lowest BCUT2D eigenvalue weighted by Gasteiger charge is -2.32. The molecule has 8 atom stereocenters. The van der Waals surface area contributed by atoms with E-state index >= 15 is 0 Å². The Bertz CT molecular complexity index is 333. The Morgan fingerprint density at radius 1 is 1.05 bits per heavy atom. The zero-order valence-electron chi connectivity index (χ0n) is 15.8. The van der Waals surface area contributed by atoms with Gasteiger partial charge in [0.1, 0.15) is 0 Å². The molecule has 2 fully saturated rings. The zero-order valence-corrected chi connectivity index (χ0v) is 15.8. The lowest BCUT2D eigenvalue weighted by atomic mass is 9.73. The molecule has 0 spiro atoms. The Balaban J connectivity index is 2.02. The molecule has 0 heteroatoms. The Morgan fingerprint density at radius 2 is 1.71 bits per heavy atom. The van der Waals surface area contributed by atoms with E-state index in [0.29, 0.717) is 5.41 Å². The summed E-state index contributed by atoms with van der Waals surface area (Å²) in [5, 5.41) is 0. The van der Waals surface area contributed by atoms with Crippen LogP contribution in [0.15, 0.2) is 0 Å². The first-order valence-corrected chi connectivity index (χ1v) is 9.89. The molecule has 2 rings (SSSR count). The van der Waals surface area contributed by atoms with Crippen LogP contribution >= 0.6 is 0 Å². The minimum Gasteiger partial charge on any atom is -0.0654 e. The zero-order chi connectivity index (χ0) is 15.8. The van der Waals surface area contributed by atoms with Crippen molar-refractivity contribution in [3.05, 3.63) is 0 Å². The first kappa shape index (κ1) is 17.4. The Kier molecular flexibility index (Phi) is 5.48. The van der Waals surface area contributed by atoms with Gasteiger partial charge >= 0.3 is 0 Å². The predicted molar refractivity (Wildman–Crippen MR) is 94.3 cm³/mol. The van der Waals surface area contributed by atoms with Gasteiger partial charge in [0, 0.05) is 0 Å². The predicted octanol–water partition coefficient (Wildman–Crippen LogP) is 6.79. The van der Waals surface area contributed by atoms with Gasteiger partial charge in [-0.05, 0) is 53.3 Å². The van der Waals surface area contributed by atoms with Crippen molar-refractivity contribution < 1.29 is 0 Å². The van der Waals surface area contributed by atoms with Gasteiger partial charge in [0.2, 0.25) is 0 Å². The second-order valence-electron chi connectivity index (χ2n) is 8.85.